The maximum atomic E-state index is 11.9. The maximum Gasteiger partial charge on any atom is 0.412 e. The molecule has 1 rings (SSSR count). The van der Waals surface area contributed by atoms with Crippen LogP contribution in [0.25, 0.3) is 0 Å². The molecular formula is C11H19NO5. The highest BCUT2D eigenvalue weighted by Crippen LogP contribution is 2.19. The maximum absolute atomic E-state index is 11.9. The Balaban J connectivity index is 2.69. The van der Waals surface area contributed by atoms with E-state index in [9.17, 15) is 9.59 Å². The van der Waals surface area contributed by atoms with E-state index in [2.05, 4.69) is 0 Å². The highest BCUT2D eigenvalue weighted by molar-refractivity contribution is 5.77. The predicted octanol–water partition coefficient (Wildman–Crippen LogP) is 1.44. The summed E-state index contributed by atoms with van der Waals surface area (Å²) in [6.45, 7) is 3.16. The van der Waals surface area contributed by atoms with Gasteiger partial charge in [0.15, 0.2) is 0 Å². The minimum atomic E-state index is -1.12. The van der Waals surface area contributed by atoms with Gasteiger partial charge in [0.2, 0.25) is 0 Å². The summed E-state index contributed by atoms with van der Waals surface area (Å²) in [4.78, 5) is 23.7. The number of aliphatic carboxylic acids is 1. The summed E-state index contributed by atoms with van der Waals surface area (Å²) >= 11 is 0. The van der Waals surface area contributed by atoms with Crippen molar-refractivity contribution < 1.29 is 25.5 Å². The Morgan fingerprint density at radius 3 is 2.82 bits per heavy atom. The topological polar surface area (TPSA) is 76.1 Å². The average molecular weight is 246 g/mol. The molecule has 1 saturated heterocycles. The number of amides is 1. The number of carboxylic acid groups (broad SMARTS) is 1. The molecule has 0 aliphatic carbocycles. The molecule has 1 atom stereocenters. The second kappa shape index (κ2) is 5.35. The van der Waals surface area contributed by atoms with E-state index in [4.69, 9.17) is 16.0 Å². The second-order valence-electron chi connectivity index (χ2n) is 4.62. The van der Waals surface area contributed by atoms with Crippen molar-refractivity contribution in [2.45, 2.75) is 45.4 Å². The number of hydrogen-bond donors (Lipinski definition) is 1. The van der Waals surface area contributed by atoms with Crippen molar-refractivity contribution >= 4 is 12.1 Å². The minimum absolute atomic E-state index is 0.0921. The van der Waals surface area contributed by atoms with Crippen LogP contribution in [-0.4, -0.2) is 47.0 Å². The molecular weight excluding hydrogens is 226 g/mol. The Morgan fingerprint density at radius 1 is 1.65 bits per heavy atom. The first-order valence-corrected chi connectivity index (χ1v) is 5.48. The molecule has 98 valence electrons. The van der Waals surface area contributed by atoms with Gasteiger partial charge >= 0.3 is 12.1 Å². The van der Waals surface area contributed by atoms with E-state index >= 15 is 0 Å². The van der Waals surface area contributed by atoms with Crippen LogP contribution in [0, 0.1) is 0 Å². The molecule has 1 amide bonds. The van der Waals surface area contributed by atoms with Crippen molar-refractivity contribution in [3.8, 4) is 0 Å². The third-order valence-electron chi connectivity index (χ3n) is 2.16. The predicted molar refractivity (Wildman–Crippen MR) is 59.5 cm³/mol. The van der Waals surface area contributed by atoms with Gasteiger partial charge in [0, 0.05) is 7.98 Å². The number of carbonyl (C=O) groups is 2. The standard InChI is InChI=1S/C11H19NO5/c1-11(2,3)17-10(15)12(7-9(13)14)8-5-4-6-16-8/h8H,4-7H2,1-3H3,(H,13,14)/i1D. The molecule has 1 fully saturated rings. The number of carboxylic acids is 1. The number of hydrogen-bond acceptors (Lipinski definition) is 4. The van der Waals surface area contributed by atoms with Crippen molar-refractivity contribution in [2.24, 2.45) is 0 Å². The van der Waals surface area contributed by atoms with Gasteiger partial charge in [-0.3, -0.25) is 9.69 Å². The lowest BCUT2D eigenvalue weighted by atomic mass is 10.2. The van der Waals surface area contributed by atoms with Gasteiger partial charge in [-0.1, -0.05) is 0 Å². The number of nitrogens with zero attached hydrogens (tertiary/aromatic N) is 1. The summed E-state index contributed by atoms with van der Waals surface area (Å²) < 4.78 is 17.7. The molecule has 6 heteroatoms. The van der Waals surface area contributed by atoms with Gasteiger partial charge in [0.05, 0.1) is 0 Å². The zero-order valence-corrected chi connectivity index (χ0v) is 10.1. The summed E-state index contributed by atoms with van der Waals surface area (Å²) in [7, 11) is 0. The van der Waals surface area contributed by atoms with Gasteiger partial charge in [-0.2, -0.15) is 0 Å². The molecule has 1 aliphatic heterocycles. The van der Waals surface area contributed by atoms with Gasteiger partial charge < -0.3 is 14.6 Å². The van der Waals surface area contributed by atoms with Gasteiger partial charge in [-0.25, -0.2) is 4.79 Å². The first kappa shape index (κ1) is 12.2. The quantitative estimate of drug-likeness (QED) is 0.815. The van der Waals surface area contributed by atoms with Crippen LogP contribution >= 0.6 is 0 Å². The van der Waals surface area contributed by atoms with Crippen molar-refractivity contribution in [3.05, 3.63) is 0 Å². The fraction of sp³-hybridized carbons (Fsp3) is 0.818. The van der Waals surface area contributed by atoms with Gasteiger partial charge in [-0.05, 0) is 33.6 Å². The van der Waals surface area contributed by atoms with Crippen LogP contribution in [0.15, 0.2) is 0 Å². The van der Waals surface area contributed by atoms with E-state index in [1.807, 2.05) is 0 Å². The van der Waals surface area contributed by atoms with Gasteiger partial charge in [-0.15, -0.1) is 0 Å². The summed E-state index contributed by atoms with van der Waals surface area (Å²) in [5.41, 5.74) is -0.938. The molecule has 0 saturated carbocycles. The van der Waals surface area contributed by atoms with Crippen LogP contribution in [-0.2, 0) is 14.3 Å². The lowest BCUT2D eigenvalue weighted by Gasteiger charge is -2.29. The normalized spacial score (nSPS) is 20.8. The molecule has 1 unspecified atom stereocenters. The molecule has 0 aromatic rings. The molecule has 1 aliphatic rings. The second-order valence-corrected chi connectivity index (χ2v) is 4.62. The molecule has 0 aromatic heterocycles. The monoisotopic (exact) mass is 246 g/mol. The average Bonchev–Trinajstić information content (AvgIpc) is 2.78. The lowest BCUT2D eigenvalue weighted by Crippen LogP contribution is -2.45. The van der Waals surface area contributed by atoms with E-state index in [0.29, 0.717) is 13.0 Å². The van der Waals surface area contributed by atoms with Gasteiger partial charge in [0.1, 0.15) is 18.4 Å². The lowest BCUT2D eigenvalue weighted by molar-refractivity contribution is -0.141. The van der Waals surface area contributed by atoms with Crippen LogP contribution in [0.2, 0.25) is 0 Å². The third kappa shape index (κ3) is 4.60. The number of carbonyl (C=O) groups excluding carboxylic acids is 1. The molecule has 1 N–H and O–H groups in total. The first-order chi connectivity index (χ1) is 8.35. The van der Waals surface area contributed by atoms with Crippen molar-refractivity contribution in [3.63, 3.8) is 0 Å². The minimum Gasteiger partial charge on any atom is -0.480 e. The molecule has 17 heavy (non-hydrogen) atoms. The summed E-state index contributed by atoms with van der Waals surface area (Å²) in [6, 6.07) is 0. The fourth-order valence-electron chi connectivity index (χ4n) is 1.53. The van der Waals surface area contributed by atoms with Crippen molar-refractivity contribution in [2.75, 3.05) is 13.2 Å². The molecule has 1 heterocycles. The molecule has 0 bridgehead atoms. The molecule has 0 aromatic carbocycles. The van der Waals surface area contributed by atoms with Crippen molar-refractivity contribution in [1.82, 2.24) is 4.90 Å². The Labute approximate surface area is 102 Å². The van der Waals surface area contributed by atoms with Gasteiger partial charge in [0.25, 0.3) is 0 Å². The first-order valence-electron chi connectivity index (χ1n) is 6.18. The highest BCUT2D eigenvalue weighted by atomic mass is 16.6. The fourth-order valence-corrected chi connectivity index (χ4v) is 1.53. The van der Waals surface area contributed by atoms with Crippen LogP contribution < -0.4 is 0 Å². The molecule has 0 radical (unpaired) electrons. The number of rotatable bonds is 3. The summed E-state index contributed by atoms with van der Waals surface area (Å²) in [6.07, 6.45) is 0.0937. The van der Waals surface area contributed by atoms with E-state index in [0.717, 1.165) is 11.3 Å². The number of ether oxygens (including phenoxy) is 2. The smallest absolute Gasteiger partial charge is 0.412 e. The third-order valence-corrected chi connectivity index (χ3v) is 2.16. The van der Waals surface area contributed by atoms with Crippen LogP contribution in [0.3, 0.4) is 0 Å². The summed E-state index contributed by atoms with van der Waals surface area (Å²) in [5, 5.41) is 8.81. The van der Waals surface area contributed by atoms with E-state index in [1.54, 1.807) is 13.8 Å². The largest absolute Gasteiger partial charge is 0.480 e. The van der Waals surface area contributed by atoms with Crippen molar-refractivity contribution in [1.29, 1.82) is 0 Å². The summed E-state index contributed by atoms with van der Waals surface area (Å²) in [5.74, 6) is -1.12. The Kier molecular flexibility index (Phi) is 3.83. The Morgan fingerprint density at radius 2 is 2.35 bits per heavy atom. The molecule has 0 spiro atoms. The van der Waals surface area contributed by atoms with Crippen LogP contribution in [0.4, 0.5) is 4.79 Å². The van der Waals surface area contributed by atoms with E-state index in [-0.39, 0.29) is 6.90 Å². The zero-order valence-electron chi connectivity index (χ0n) is 11.1. The van der Waals surface area contributed by atoms with Crippen LogP contribution in [0.1, 0.15) is 35.0 Å². The Hall–Kier alpha value is -1.30. The van der Waals surface area contributed by atoms with Crippen LogP contribution in [0.5, 0.6) is 0 Å². The highest BCUT2D eigenvalue weighted by Gasteiger charge is 2.32. The van der Waals surface area contributed by atoms with E-state index in [1.165, 1.54) is 0 Å². The molecule has 6 nitrogen and oxygen atoms in total. The van der Waals surface area contributed by atoms with E-state index < -0.39 is 30.4 Å². The Bertz CT molecular complexity index is 315. The SMILES string of the molecule is [2H]CC(C)(C)OC(=O)N(CC(=O)O)C1CCCO1. The zero-order chi connectivity index (χ0) is 13.8.